The number of ether oxygens (including phenoxy) is 1. The summed E-state index contributed by atoms with van der Waals surface area (Å²) >= 11 is 0. The summed E-state index contributed by atoms with van der Waals surface area (Å²) in [5.41, 5.74) is 1.81. The van der Waals surface area contributed by atoms with Crippen molar-refractivity contribution in [3.63, 3.8) is 0 Å². The number of anilines is 1. The Hall–Kier alpha value is -3.94. The minimum Gasteiger partial charge on any atom is -0.422 e. The largest absolute Gasteiger partial charge is 0.422 e. The van der Waals surface area contributed by atoms with E-state index in [1.807, 2.05) is 13.0 Å². The topological polar surface area (TPSA) is 114 Å². The van der Waals surface area contributed by atoms with Crippen molar-refractivity contribution in [3.8, 4) is 5.75 Å². The van der Waals surface area contributed by atoms with Crippen LogP contribution in [0.1, 0.15) is 26.4 Å². The van der Waals surface area contributed by atoms with Crippen molar-refractivity contribution in [2.24, 2.45) is 0 Å². The molecule has 0 spiro atoms. The van der Waals surface area contributed by atoms with E-state index in [9.17, 15) is 19.7 Å². The zero-order valence-corrected chi connectivity index (χ0v) is 14.3. The van der Waals surface area contributed by atoms with Crippen LogP contribution in [0.5, 0.6) is 5.75 Å². The van der Waals surface area contributed by atoms with Crippen LogP contribution in [0.3, 0.4) is 0 Å². The second-order valence-electron chi connectivity index (χ2n) is 5.77. The summed E-state index contributed by atoms with van der Waals surface area (Å²) in [7, 11) is 0. The zero-order chi connectivity index (χ0) is 19.4. The van der Waals surface area contributed by atoms with Crippen LogP contribution in [-0.2, 0) is 0 Å². The molecule has 0 atom stereocenters. The average Bonchev–Trinajstić information content (AvgIpc) is 3.14. The Morgan fingerprint density at radius 1 is 1.11 bits per heavy atom. The maximum absolute atomic E-state index is 12.2. The lowest BCUT2D eigenvalue weighted by atomic mass is 10.1. The molecule has 0 bridgehead atoms. The molecule has 3 aromatic rings. The number of hydrogen-bond donors (Lipinski definition) is 2. The number of carbonyl (C=O) groups excluding carboxylic acids is 2. The molecule has 0 fully saturated rings. The third kappa shape index (κ3) is 4.37. The Morgan fingerprint density at radius 2 is 1.85 bits per heavy atom. The first-order valence-corrected chi connectivity index (χ1v) is 7.95. The first-order chi connectivity index (χ1) is 12.9. The van der Waals surface area contributed by atoms with Crippen LogP contribution in [0, 0.1) is 17.0 Å². The van der Waals surface area contributed by atoms with Crippen LogP contribution in [0.15, 0.2) is 60.8 Å². The lowest BCUT2D eigenvalue weighted by molar-refractivity contribution is -0.384. The van der Waals surface area contributed by atoms with Crippen molar-refractivity contribution in [2.45, 2.75) is 6.92 Å². The summed E-state index contributed by atoms with van der Waals surface area (Å²) in [6, 6.07) is 14.5. The summed E-state index contributed by atoms with van der Waals surface area (Å²) in [4.78, 5) is 36.7. The number of rotatable bonds is 5. The fourth-order valence-corrected chi connectivity index (χ4v) is 2.36. The van der Waals surface area contributed by atoms with Gasteiger partial charge in [-0.15, -0.1) is 0 Å². The number of nitro groups is 1. The minimum absolute atomic E-state index is 0.0291. The predicted octanol–water partition coefficient (Wildman–Crippen LogP) is 3.70. The maximum Gasteiger partial charge on any atom is 0.360 e. The van der Waals surface area contributed by atoms with E-state index >= 15 is 0 Å². The lowest BCUT2D eigenvalue weighted by Gasteiger charge is -2.07. The number of amides is 1. The molecular formula is C19H15N3O5. The van der Waals surface area contributed by atoms with Gasteiger partial charge in [-0.05, 0) is 43.3 Å². The Kier molecular flexibility index (Phi) is 4.98. The molecule has 136 valence electrons. The van der Waals surface area contributed by atoms with Crippen molar-refractivity contribution in [2.75, 3.05) is 5.32 Å². The highest BCUT2D eigenvalue weighted by Crippen LogP contribution is 2.19. The first kappa shape index (κ1) is 17.9. The van der Waals surface area contributed by atoms with Gasteiger partial charge in [0.05, 0.1) is 11.1 Å². The van der Waals surface area contributed by atoms with E-state index in [1.54, 1.807) is 30.3 Å². The summed E-state index contributed by atoms with van der Waals surface area (Å²) in [6.07, 6.45) is 1.11. The van der Waals surface area contributed by atoms with Crippen LogP contribution in [-0.4, -0.2) is 21.8 Å². The molecule has 0 aliphatic carbocycles. The molecule has 0 saturated carbocycles. The van der Waals surface area contributed by atoms with Crippen molar-refractivity contribution < 1.29 is 19.2 Å². The normalized spacial score (nSPS) is 10.3. The molecule has 0 aliphatic heterocycles. The van der Waals surface area contributed by atoms with Gasteiger partial charge in [-0.25, -0.2) is 4.79 Å². The Labute approximate surface area is 153 Å². The van der Waals surface area contributed by atoms with Gasteiger partial charge in [-0.3, -0.25) is 14.9 Å². The molecule has 3 rings (SSSR count). The highest BCUT2D eigenvalue weighted by molar-refractivity contribution is 6.04. The molecule has 0 aliphatic rings. The van der Waals surface area contributed by atoms with Crippen molar-refractivity contribution >= 4 is 23.3 Å². The van der Waals surface area contributed by atoms with Crippen LogP contribution >= 0.6 is 0 Å². The Bertz CT molecular complexity index is 1010. The Balaban J connectivity index is 1.63. The van der Waals surface area contributed by atoms with Gasteiger partial charge >= 0.3 is 5.97 Å². The quantitative estimate of drug-likeness (QED) is 0.310. The van der Waals surface area contributed by atoms with Crippen molar-refractivity contribution in [3.05, 3.63) is 87.7 Å². The van der Waals surface area contributed by atoms with E-state index in [4.69, 9.17) is 4.74 Å². The smallest absolute Gasteiger partial charge is 0.360 e. The number of benzene rings is 2. The molecule has 1 heterocycles. The van der Waals surface area contributed by atoms with Crippen LogP contribution < -0.4 is 10.1 Å². The summed E-state index contributed by atoms with van der Waals surface area (Å²) < 4.78 is 5.15. The molecule has 8 heteroatoms. The summed E-state index contributed by atoms with van der Waals surface area (Å²) in [6.45, 7) is 1.90. The molecule has 1 amide bonds. The van der Waals surface area contributed by atoms with Crippen LogP contribution in [0.2, 0.25) is 0 Å². The molecule has 0 saturated heterocycles. The number of H-pyrrole nitrogens is 1. The van der Waals surface area contributed by atoms with Gasteiger partial charge in [0.15, 0.2) is 0 Å². The highest BCUT2D eigenvalue weighted by Gasteiger charge is 2.16. The number of nitrogens with one attached hydrogen (secondary N) is 2. The summed E-state index contributed by atoms with van der Waals surface area (Å²) in [5.74, 6) is -0.757. The van der Waals surface area contributed by atoms with Gasteiger partial charge in [0, 0.05) is 17.3 Å². The number of aromatic amines is 1. The van der Waals surface area contributed by atoms with Gasteiger partial charge < -0.3 is 15.0 Å². The van der Waals surface area contributed by atoms with E-state index in [-0.39, 0.29) is 23.0 Å². The van der Waals surface area contributed by atoms with E-state index in [0.717, 1.165) is 17.8 Å². The minimum atomic E-state index is -0.750. The average molecular weight is 365 g/mol. The molecule has 27 heavy (non-hydrogen) atoms. The molecule has 2 N–H and O–H groups in total. The van der Waals surface area contributed by atoms with Gasteiger partial charge in [0.2, 0.25) is 0 Å². The van der Waals surface area contributed by atoms with Crippen LogP contribution in [0.4, 0.5) is 11.4 Å². The van der Waals surface area contributed by atoms with Crippen LogP contribution in [0.25, 0.3) is 0 Å². The Morgan fingerprint density at radius 3 is 2.48 bits per heavy atom. The monoisotopic (exact) mass is 365 g/mol. The van der Waals surface area contributed by atoms with E-state index in [2.05, 4.69) is 10.3 Å². The van der Waals surface area contributed by atoms with E-state index < -0.39 is 10.9 Å². The fraction of sp³-hybridized carbons (Fsp3) is 0.0526. The number of nitrogens with zero attached hydrogens (tertiary/aromatic N) is 1. The zero-order valence-electron chi connectivity index (χ0n) is 14.3. The predicted molar refractivity (Wildman–Crippen MR) is 98.0 cm³/mol. The molecule has 0 unspecified atom stereocenters. The second-order valence-corrected chi connectivity index (χ2v) is 5.77. The first-order valence-electron chi connectivity index (χ1n) is 7.95. The number of aromatic nitrogens is 1. The standard InChI is InChI=1S/C19H15N3O5/c1-12-3-2-4-13(9-12)18(23)21-14-5-7-16(8-6-14)27-19(24)17-10-15(11-20-17)22(25)26/h2-11,20H,1H3,(H,21,23). The third-order valence-corrected chi connectivity index (χ3v) is 3.70. The fourth-order valence-electron chi connectivity index (χ4n) is 2.36. The molecule has 8 nitrogen and oxygen atoms in total. The molecule has 0 radical (unpaired) electrons. The molecule has 2 aromatic carbocycles. The van der Waals surface area contributed by atoms with Gasteiger partial charge in [-0.1, -0.05) is 17.7 Å². The third-order valence-electron chi connectivity index (χ3n) is 3.70. The van der Waals surface area contributed by atoms with Gasteiger partial charge in [0.1, 0.15) is 11.4 Å². The number of esters is 1. The molecule has 1 aromatic heterocycles. The maximum atomic E-state index is 12.2. The van der Waals surface area contributed by atoms with Crippen molar-refractivity contribution in [1.29, 1.82) is 0 Å². The second kappa shape index (κ2) is 7.52. The number of carbonyl (C=O) groups is 2. The SMILES string of the molecule is Cc1cccc(C(=O)Nc2ccc(OC(=O)c3cc([N+](=O)[O-])c[nH]3)cc2)c1. The van der Waals surface area contributed by atoms with E-state index in [1.165, 1.54) is 12.1 Å². The number of aryl methyl sites for hydroxylation is 1. The summed E-state index contributed by atoms with van der Waals surface area (Å²) in [5, 5.41) is 13.4. The molecular weight excluding hydrogens is 350 g/mol. The van der Waals surface area contributed by atoms with Gasteiger partial charge in [0.25, 0.3) is 11.6 Å². The van der Waals surface area contributed by atoms with E-state index in [0.29, 0.717) is 11.3 Å². The van der Waals surface area contributed by atoms with Gasteiger partial charge in [-0.2, -0.15) is 0 Å². The lowest BCUT2D eigenvalue weighted by Crippen LogP contribution is -2.12. The number of hydrogen-bond acceptors (Lipinski definition) is 5. The highest BCUT2D eigenvalue weighted by atomic mass is 16.6. The van der Waals surface area contributed by atoms with Crippen molar-refractivity contribution in [1.82, 2.24) is 4.98 Å².